The summed E-state index contributed by atoms with van der Waals surface area (Å²) in [7, 11) is 1.29. The zero-order chi connectivity index (χ0) is 22.0. The lowest BCUT2D eigenvalue weighted by atomic mass is 10.2. The number of rotatable bonds is 5. The molecule has 160 valence electrons. The van der Waals surface area contributed by atoms with Crippen LogP contribution in [0, 0.1) is 0 Å². The highest BCUT2D eigenvalue weighted by atomic mass is 35.5. The molecule has 4 rings (SSSR count). The number of piperazine rings is 1. The minimum Gasteiger partial charge on any atom is -0.465 e. The normalized spacial score (nSPS) is 17.5. The largest absolute Gasteiger partial charge is 0.465 e. The summed E-state index contributed by atoms with van der Waals surface area (Å²) in [6, 6.07) is 16.4. The fourth-order valence-corrected chi connectivity index (χ4v) is 4.26. The molecule has 2 amide bonds. The van der Waals surface area contributed by atoms with Crippen LogP contribution in [-0.4, -0.2) is 56.0 Å². The van der Waals surface area contributed by atoms with Gasteiger partial charge in [-0.2, -0.15) is 0 Å². The average molecular weight is 441 g/mol. The monoisotopic (exact) mass is 440 g/mol. The minimum atomic E-state index is -0.549. The number of methoxy groups -OCH3 is 1. The first kappa shape index (κ1) is 21.1. The molecule has 0 bridgehead atoms. The molecule has 2 heterocycles. The first-order chi connectivity index (χ1) is 15.0. The van der Waals surface area contributed by atoms with E-state index in [2.05, 4.69) is 16.9 Å². The van der Waals surface area contributed by atoms with E-state index in [1.54, 1.807) is 0 Å². The number of hydrogen-bond donors (Lipinski definition) is 1. The third kappa shape index (κ3) is 4.19. The number of nitrogens with one attached hydrogen (secondary N) is 1. The van der Waals surface area contributed by atoms with E-state index in [0.29, 0.717) is 24.3 Å². The Morgan fingerprint density at radius 1 is 1.00 bits per heavy atom. The number of halogens is 1. The number of carbonyl (C=O) groups is 3. The lowest BCUT2D eigenvalue weighted by Gasteiger charge is -2.33. The van der Waals surface area contributed by atoms with Gasteiger partial charge in [0.15, 0.2) is 0 Å². The van der Waals surface area contributed by atoms with Gasteiger partial charge in [-0.15, -0.1) is 0 Å². The zero-order valence-corrected chi connectivity index (χ0v) is 17.9. The van der Waals surface area contributed by atoms with Gasteiger partial charge >= 0.3 is 5.97 Å². The van der Waals surface area contributed by atoms with Crippen LogP contribution in [0.2, 0.25) is 0 Å². The van der Waals surface area contributed by atoms with Crippen LogP contribution in [0.4, 0.5) is 5.69 Å². The van der Waals surface area contributed by atoms with Crippen LogP contribution >= 0.6 is 11.6 Å². The van der Waals surface area contributed by atoms with E-state index >= 15 is 0 Å². The number of esters is 1. The van der Waals surface area contributed by atoms with E-state index in [0.717, 1.165) is 24.5 Å². The van der Waals surface area contributed by atoms with E-state index < -0.39 is 17.8 Å². The molecule has 1 fully saturated rings. The number of imide groups is 1. The summed E-state index contributed by atoms with van der Waals surface area (Å²) in [5, 5.41) is -0.0615. The smallest absolute Gasteiger partial charge is 0.337 e. The minimum absolute atomic E-state index is 0.0615. The van der Waals surface area contributed by atoms with Gasteiger partial charge in [0.05, 0.1) is 44.5 Å². The Balaban J connectivity index is 1.44. The molecule has 7 nitrogen and oxygen atoms in total. The third-order valence-electron chi connectivity index (χ3n) is 5.63. The molecule has 2 aromatic carbocycles. The van der Waals surface area contributed by atoms with Gasteiger partial charge in [0.2, 0.25) is 0 Å². The van der Waals surface area contributed by atoms with Gasteiger partial charge in [-0.25, -0.2) is 9.69 Å². The van der Waals surface area contributed by atoms with Gasteiger partial charge in [0, 0.05) is 5.56 Å². The van der Waals surface area contributed by atoms with Crippen molar-refractivity contribution in [2.45, 2.75) is 6.54 Å². The molecule has 8 heteroatoms. The molecular weight excluding hydrogens is 418 g/mol. The van der Waals surface area contributed by atoms with Crippen LogP contribution in [0.15, 0.2) is 65.3 Å². The van der Waals surface area contributed by atoms with Crippen molar-refractivity contribution in [2.75, 3.05) is 38.2 Å². The number of nitrogens with zero attached hydrogens (tertiary/aromatic N) is 2. The standard InChI is InChI=1S/C23H22ClN3O4/c1-31-23(30)17-7-9-18(10-8-17)27-21(28)19(24)20(22(27)29)26-13-11-25(12-14-26)15-16-5-3-2-4-6-16/h2-10H,11-15H2,1H3/p+1. The summed E-state index contributed by atoms with van der Waals surface area (Å²) in [6.45, 7) is 3.90. The summed E-state index contributed by atoms with van der Waals surface area (Å²) in [5.41, 5.74) is 2.23. The average Bonchev–Trinajstić information content (AvgIpc) is 3.03. The fraction of sp³-hybridized carbons (Fsp3) is 0.261. The van der Waals surface area contributed by atoms with Crippen molar-refractivity contribution in [1.82, 2.24) is 4.90 Å². The van der Waals surface area contributed by atoms with Crippen molar-refractivity contribution in [1.29, 1.82) is 0 Å². The maximum atomic E-state index is 13.1. The predicted molar refractivity (Wildman–Crippen MR) is 116 cm³/mol. The molecule has 2 aliphatic heterocycles. The predicted octanol–water partition coefficient (Wildman–Crippen LogP) is 1.20. The molecule has 31 heavy (non-hydrogen) atoms. The quantitative estimate of drug-likeness (QED) is 0.559. The number of ether oxygens (including phenoxy) is 1. The lowest BCUT2D eigenvalue weighted by Crippen LogP contribution is -3.13. The molecule has 2 aromatic rings. The van der Waals surface area contributed by atoms with Crippen molar-refractivity contribution >= 4 is 35.1 Å². The number of anilines is 1. The Bertz CT molecular complexity index is 1030. The van der Waals surface area contributed by atoms with Crippen molar-refractivity contribution < 1.29 is 24.0 Å². The van der Waals surface area contributed by atoms with Gasteiger partial charge in [-0.1, -0.05) is 41.9 Å². The number of benzene rings is 2. The van der Waals surface area contributed by atoms with E-state index in [1.807, 2.05) is 23.1 Å². The van der Waals surface area contributed by atoms with E-state index in [4.69, 9.17) is 11.6 Å². The summed E-state index contributed by atoms with van der Waals surface area (Å²) < 4.78 is 4.68. The van der Waals surface area contributed by atoms with E-state index in [9.17, 15) is 14.4 Å². The van der Waals surface area contributed by atoms with Gasteiger partial charge < -0.3 is 14.5 Å². The maximum absolute atomic E-state index is 13.1. The van der Waals surface area contributed by atoms with Gasteiger partial charge in [-0.05, 0) is 24.3 Å². The molecule has 1 N–H and O–H groups in total. The van der Waals surface area contributed by atoms with Crippen LogP contribution < -0.4 is 9.80 Å². The summed E-state index contributed by atoms with van der Waals surface area (Å²) in [6.07, 6.45) is 0. The molecule has 0 atom stereocenters. The van der Waals surface area contributed by atoms with E-state index in [-0.39, 0.29) is 10.7 Å². The topological polar surface area (TPSA) is 71.4 Å². The van der Waals surface area contributed by atoms with Crippen LogP contribution in [0.25, 0.3) is 0 Å². The molecule has 0 radical (unpaired) electrons. The van der Waals surface area contributed by atoms with Gasteiger partial charge in [0.1, 0.15) is 17.3 Å². The molecule has 0 saturated carbocycles. The van der Waals surface area contributed by atoms with Gasteiger partial charge in [-0.3, -0.25) is 9.59 Å². The first-order valence-electron chi connectivity index (χ1n) is 10.1. The maximum Gasteiger partial charge on any atom is 0.337 e. The number of carbonyl (C=O) groups excluding carboxylic acids is 3. The third-order valence-corrected chi connectivity index (χ3v) is 5.98. The Labute approximate surface area is 185 Å². The second-order valence-corrected chi connectivity index (χ2v) is 7.92. The molecule has 1 saturated heterocycles. The zero-order valence-electron chi connectivity index (χ0n) is 17.1. The van der Waals surface area contributed by atoms with Crippen molar-refractivity contribution in [2.24, 2.45) is 0 Å². The van der Waals surface area contributed by atoms with Crippen LogP contribution in [-0.2, 0) is 20.9 Å². The molecule has 0 unspecified atom stereocenters. The summed E-state index contributed by atoms with van der Waals surface area (Å²) >= 11 is 6.32. The number of hydrogen-bond acceptors (Lipinski definition) is 5. The van der Waals surface area contributed by atoms with E-state index in [1.165, 1.54) is 41.8 Å². The highest BCUT2D eigenvalue weighted by Crippen LogP contribution is 2.31. The first-order valence-corrected chi connectivity index (χ1v) is 10.5. The van der Waals surface area contributed by atoms with Crippen molar-refractivity contribution in [3.05, 3.63) is 76.5 Å². The molecular formula is C23H23ClN3O4+. The Morgan fingerprint density at radius 2 is 1.65 bits per heavy atom. The second kappa shape index (κ2) is 8.91. The molecule has 0 aromatic heterocycles. The molecule has 2 aliphatic rings. The number of amides is 2. The highest BCUT2D eigenvalue weighted by molar-refractivity contribution is 6.52. The van der Waals surface area contributed by atoms with Crippen LogP contribution in [0.5, 0.6) is 0 Å². The Kier molecular flexibility index (Phi) is 6.06. The van der Waals surface area contributed by atoms with Crippen LogP contribution in [0.3, 0.4) is 0 Å². The Morgan fingerprint density at radius 3 is 2.26 bits per heavy atom. The van der Waals surface area contributed by atoms with Gasteiger partial charge in [0.25, 0.3) is 11.8 Å². The van der Waals surface area contributed by atoms with Crippen molar-refractivity contribution in [3.63, 3.8) is 0 Å². The fourth-order valence-electron chi connectivity index (χ4n) is 3.97. The van der Waals surface area contributed by atoms with Crippen LogP contribution in [0.1, 0.15) is 15.9 Å². The molecule has 0 spiro atoms. The summed E-state index contributed by atoms with van der Waals surface area (Å²) in [5.74, 6) is -1.47. The SMILES string of the molecule is COC(=O)c1ccc(N2C(=O)C(Cl)=C(N3CC[NH+](Cc4ccccc4)CC3)C2=O)cc1. The number of quaternary nitrogens is 1. The van der Waals surface area contributed by atoms with Crippen molar-refractivity contribution in [3.8, 4) is 0 Å². The summed E-state index contributed by atoms with van der Waals surface area (Å²) in [4.78, 5) is 41.8. The lowest BCUT2D eigenvalue weighted by molar-refractivity contribution is -0.917. The highest BCUT2D eigenvalue weighted by Gasteiger charge is 2.42. The molecule has 0 aliphatic carbocycles. The second-order valence-electron chi connectivity index (χ2n) is 7.55. The Hall–Kier alpha value is -3.16.